The second kappa shape index (κ2) is 9.47. The molecule has 8 heteroatoms. The molecule has 1 aromatic carbocycles. The highest BCUT2D eigenvalue weighted by atomic mass is 32.2. The van der Waals surface area contributed by atoms with E-state index in [1.165, 1.54) is 0 Å². The molecule has 0 radical (unpaired) electrons. The van der Waals surface area contributed by atoms with Gasteiger partial charge in [-0.25, -0.2) is 13.1 Å². The minimum atomic E-state index is -3.61. The second-order valence-corrected chi connectivity index (χ2v) is 8.57. The van der Waals surface area contributed by atoms with E-state index in [2.05, 4.69) is 26.4 Å². The lowest BCUT2D eigenvalue weighted by Gasteiger charge is -2.39. The molecular formula is C20H28N4O3S. The Kier molecular flexibility index (Phi) is 7.01. The summed E-state index contributed by atoms with van der Waals surface area (Å²) in [5.74, 6) is 0.626. The molecule has 0 spiro atoms. The van der Waals surface area contributed by atoms with Crippen molar-refractivity contribution in [2.75, 3.05) is 46.4 Å². The number of methoxy groups -OCH3 is 1. The van der Waals surface area contributed by atoms with Crippen molar-refractivity contribution < 1.29 is 13.2 Å². The fraction of sp³-hybridized carbons (Fsp3) is 0.450. The van der Waals surface area contributed by atoms with Gasteiger partial charge in [0.05, 0.1) is 12.0 Å². The third-order valence-corrected chi connectivity index (χ3v) is 6.64. The van der Waals surface area contributed by atoms with Crippen LogP contribution >= 0.6 is 0 Å². The van der Waals surface area contributed by atoms with Gasteiger partial charge < -0.3 is 9.64 Å². The number of rotatable bonds is 8. The van der Waals surface area contributed by atoms with Crippen LogP contribution in [0.4, 0.5) is 0 Å². The number of aromatic nitrogens is 1. The largest absolute Gasteiger partial charge is 0.497 e. The predicted octanol–water partition coefficient (Wildman–Crippen LogP) is 1.75. The van der Waals surface area contributed by atoms with Crippen LogP contribution in [-0.4, -0.2) is 69.6 Å². The summed E-state index contributed by atoms with van der Waals surface area (Å²) in [4.78, 5) is 9.19. The summed E-state index contributed by atoms with van der Waals surface area (Å²) in [5.41, 5.74) is 1.02. The number of benzene rings is 1. The van der Waals surface area contributed by atoms with Crippen LogP contribution in [0.15, 0.2) is 53.7 Å². The molecule has 1 saturated heterocycles. The maximum atomic E-state index is 12.8. The molecule has 1 N–H and O–H groups in total. The highest BCUT2D eigenvalue weighted by Gasteiger charge is 2.26. The molecule has 0 saturated carbocycles. The quantitative estimate of drug-likeness (QED) is 0.723. The number of sulfonamides is 1. The predicted molar refractivity (Wildman–Crippen MR) is 109 cm³/mol. The number of piperazine rings is 1. The van der Waals surface area contributed by atoms with Crippen molar-refractivity contribution in [3.05, 3.63) is 54.4 Å². The van der Waals surface area contributed by atoms with Gasteiger partial charge in [0.15, 0.2) is 0 Å². The zero-order valence-corrected chi connectivity index (χ0v) is 17.2. The third-order valence-electron chi connectivity index (χ3n) is 5.20. The van der Waals surface area contributed by atoms with Crippen LogP contribution in [0.3, 0.4) is 0 Å². The minimum Gasteiger partial charge on any atom is -0.497 e. The number of pyridine rings is 1. The van der Waals surface area contributed by atoms with Crippen LogP contribution in [0.1, 0.15) is 18.5 Å². The van der Waals surface area contributed by atoms with Crippen molar-refractivity contribution in [1.29, 1.82) is 0 Å². The smallest absolute Gasteiger partial charge is 0.240 e. The monoisotopic (exact) mass is 404 g/mol. The van der Waals surface area contributed by atoms with Gasteiger partial charge in [-0.05, 0) is 42.4 Å². The Labute approximate surface area is 167 Å². The molecule has 1 aromatic heterocycles. The first-order valence-electron chi connectivity index (χ1n) is 9.53. The van der Waals surface area contributed by atoms with Gasteiger partial charge in [-0.1, -0.05) is 13.0 Å². The van der Waals surface area contributed by atoms with Crippen LogP contribution < -0.4 is 9.46 Å². The highest BCUT2D eigenvalue weighted by Crippen LogP contribution is 2.22. The summed E-state index contributed by atoms with van der Waals surface area (Å²) in [6.07, 6.45) is 3.55. The molecule has 1 atom stereocenters. The summed E-state index contributed by atoms with van der Waals surface area (Å²) >= 11 is 0. The Hall–Kier alpha value is -2.00. The van der Waals surface area contributed by atoms with Gasteiger partial charge in [-0.15, -0.1) is 0 Å². The average Bonchev–Trinajstić information content (AvgIpc) is 2.75. The van der Waals surface area contributed by atoms with Crippen molar-refractivity contribution in [3.8, 4) is 5.75 Å². The molecule has 1 fully saturated rings. The van der Waals surface area contributed by atoms with Crippen LogP contribution in [0.25, 0.3) is 0 Å². The summed E-state index contributed by atoms with van der Waals surface area (Å²) < 4.78 is 33.4. The van der Waals surface area contributed by atoms with E-state index in [9.17, 15) is 8.42 Å². The van der Waals surface area contributed by atoms with Gasteiger partial charge >= 0.3 is 0 Å². The lowest BCUT2D eigenvalue weighted by Crippen LogP contribution is -2.49. The molecule has 2 heterocycles. The van der Waals surface area contributed by atoms with Gasteiger partial charge in [-0.3, -0.25) is 9.88 Å². The number of likely N-dealkylation sites (N-methyl/N-ethyl adjacent to an activating group) is 1. The van der Waals surface area contributed by atoms with E-state index in [4.69, 9.17) is 4.74 Å². The molecule has 3 rings (SSSR count). The molecule has 1 aliphatic rings. The van der Waals surface area contributed by atoms with Crippen LogP contribution in [0.2, 0.25) is 0 Å². The number of ether oxygens (including phenoxy) is 1. The molecule has 0 amide bonds. The number of hydrogen-bond acceptors (Lipinski definition) is 6. The molecule has 7 nitrogen and oxygen atoms in total. The molecule has 152 valence electrons. The molecular weight excluding hydrogens is 376 g/mol. The average molecular weight is 405 g/mol. The number of nitrogens with zero attached hydrogens (tertiary/aromatic N) is 3. The molecule has 1 aliphatic heterocycles. The van der Waals surface area contributed by atoms with Crippen molar-refractivity contribution >= 4 is 10.0 Å². The van der Waals surface area contributed by atoms with Gasteiger partial charge in [0.2, 0.25) is 10.0 Å². The van der Waals surface area contributed by atoms with E-state index in [1.807, 2.05) is 18.3 Å². The normalized spacial score (nSPS) is 17.4. The maximum absolute atomic E-state index is 12.8. The maximum Gasteiger partial charge on any atom is 0.240 e. The van der Waals surface area contributed by atoms with E-state index in [0.717, 1.165) is 38.3 Å². The second-order valence-electron chi connectivity index (χ2n) is 6.80. The Bertz CT molecular complexity index is 836. The first-order valence-corrected chi connectivity index (χ1v) is 11.0. The summed E-state index contributed by atoms with van der Waals surface area (Å²) in [6.45, 7) is 7.27. The zero-order chi connectivity index (χ0) is 20.0. The zero-order valence-electron chi connectivity index (χ0n) is 16.4. The fourth-order valence-corrected chi connectivity index (χ4v) is 4.49. The van der Waals surface area contributed by atoms with E-state index in [0.29, 0.717) is 12.3 Å². The number of nitrogens with one attached hydrogen (secondary N) is 1. The minimum absolute atomic E-state index is 0.0549. The van der Waals surface area contributed by atoms with E-state index in [-0.39, 0.29) is 10.9 Å². The first-order chi connectivity index (χ1) is 13.5. The molecule has 28 heavy (non-hydrogen) atoms. The van der Waals surface area contributed by atoms with Crippen LogP contribution in [0.5, 0.6) is 5.75 Å². The summed E-state index contributed by atoms with van der Waals surface area (Å²) in [6, 6.07) is 10.3. The Morgan fingerprint density at radius 2 is 1.86 bits per heavy atom. The molecule has 0 bridgehead atoms. The van der Waals surface area contributed by atoms with Crippen LogP contribution in [-0.2, 0) is 10.0 Å². The number of hydrogen-bond donors (Lipinski definition) is 1. The standard InChI is InChI=1S/C20H28N4O3S/c1-3-23-11-13-24(14-12-23)20(17-5-4-10-21-15-17)16-22-28(25,26)19-8-6-18(27-2)7-9-19/h4-10,15,20,22H,3,11-14,16H2,1-2H3/t20-/m0/s1. The van der Waals surface area contributed by atoms with Gasteiger partial charge in [0, 0.05) is 51.2 Å². The van der Waals surface area contributed by atoms with Gasteiger partial charge in [0.25, 0.3) is 0 Å². The SMILES string of the molecule is CCN1CCN([C@@H](CNS(=O)(=O)c2ccc(OC)cc2)c2cccnc2)CC1. The Balaban J connectivity index is 1.74. The van der Waals surface area contributed by atoms with Gasteiger partial charge in [0.1, 0.15) is 5.75 Å². The third kappa shape index (κ3) is 5.08. The molecule has 0 unspecified atom stereocenters. The Morgan fingerprint density at radius 3 is 2.43 bits per heavy atom. The summed E-state index contributed by atoms with van der Waals surface area (Å²) in [7, 11) is -2.05. The lowest BCUT2D eigenvalue weighted by molar-refractivity contribution is 0.100. The van der Waals surface area contributed by atoms with E-state index >= 15 is 0 Å². The first kappa shape index (κ1) is 20.7. The highest BCUT2D eigenvalue weighted by molar-refractivity contribution is 7.89. The lowest BCUT2D eigenvalue weighted by atomic mass is 10.1. The van der Waals surface area contributed by atoms with Crippen molar-refractivity contribution in [2.24, 2.45) is 0 Å². The Morgan fingerprint density at radius 1 is 1.14 bits per heavy atom. The fourth-order valence-electron chi connectivity index (χ4n) is 3.45. The van der Waals surface area contributed by atoms with Crippen LogP contribution in [0, 0.1) is 0 Å². The molecule has 2 aromatic rings. The topological polar surface area (TPSA) is 74.8 Å². The summed E-state index contributed by atoms with van der Waals surface area (Å²) in [5, 5.41) is 0. The van der Waals surface area contributed by atoms with Crippen molar-refractivity contribution in [1.82, 2.24) is 19.5 Å². The van der Waals surface area contributed by atoms with Gasteiger partial charge in [-0.2, -0.15) is 0 Å². The van der Waals surface area contributed by atoms with E-state index < -0.39 is 10.0 Å². The van der Waals surface area contributed by atoms with Crippen molar-refractivity contribution in [3.63, 3.8) is 0 Å². The van der Waals surface area contributed by atoms with E-state index in [1.54, 1.807) is 37.6 Å². The molecule has 0 aliphatic carbocycles. The van der Waals surface area contributed by atoms with Crippen molar-refractivity contribution in [2.45, 2.75) is 17.9 Å².